The lowest BCUT2D eigenvalue weighted by Crippen LogP contribution is -1.85. The Morgan fingerprint density at radius 3 is 2.67 bits per heavy atom. The molecular weight excluding hydrogens is 220 g/mol. The van der Waals surface area contributed by atoms with Gasteiger partial charge in [-0.2, -0.15) is 5.26 Å². The molecule has 0 saturated carbocycles. The number of para-hydroxylation sites is 1. The van der Waals surface area contributed by atoms with Gasteiger partial charge in [-0.05, 0) is 29.8 Å². The zero-order valence-electron chi connectivity index (χ0n) is 10.1. The zero-order chi connectivity index (χ0) is 12.5. The van der Waals surface area contributed by atoms with Gasteiger partial charge in [0.15, 0.2) is 0 Å². The van der Waals surface area contributed by atoms with E-state index in [0.717, 1.165) is 5.56 Å². The lowest BCUT2D eigenvalue weighted by atomic mass is 10.1. The summed E-state index contributed by atoms with van der Waals surface area (Å²) in [4.78, 5) is 0. The molecule has 0 unspecified atom stereocenters. The van der Waals surface area contributed by atoms with Gasteiger partial charge in [-0.25, -0.2) is 0 Å². The summed E-state index contributed by atoms with van der Waals surface area (Å²) in [5.41, 5.74) is 3.50. The van der Waals surface area contributed by atoms with Crippen molar-refractivity contribution in [3.63, 3.8) is 0 Å². The van der Waals surface area contributed by atoms with Gasteiger partial charge in [-0.15, -0.1) is 0 Å². The number of allylic oxidation sites excluding steroid dienone is 1. The van der Waals surface area contributed by atoms with Crippen LogP contribution in [0.3, 0.4) is 0 Å². The number of aromatic nitrogens is 1. The first-order chi connectivity index (χ1) is 8.81. The van der Waals surface area contributed by atoms with Gasteiger partial charge in [0.1, 0.15) is 0 Å². The maximum Gasteiger partial charge on any atom is 0.0912 e. The molecule has 0 amide bonds. The van der Waals surface area contributed by atoms with Gasteiger partial charge in [-0.3, -0.25) is 0 Å². The molecule has 0 saturated heterocycles. The number of benzene rings is 2. The van der Waals surface area contributed by atoms with Crippen LogP contribution in [0.1, 0.15) is 5.56 Å². The SMILES string of the molecule is Cn1c2ccccc2c2cc(C=CC#N)ccc21. The Labute approximate surface area is 105 Å². The Morgan fingerprint density at radius 1 is 1.06 bits per heavy atom. The molecule has 86 valence electrons. The third-order valence-corrected chi connectivity index (χ3v) is 3.29. The van der Waals surface area contributed by atoms with Gasteiger partial charge in [-0.1, -0.05) is 24.3 Å². The van der Waals surface area contributed by atoms with E-state index in [0.29, 0.717) is 0 Å². The second-order valence-corrected chi connectivity index (χ2v) is 4.32. The van der Waals surface area contributed by atoms with Crippen LogP contribution in [0.25, 0.3) is 27.9 Å². The van der Waals surface area contributed by atoms with E-state index in [1.54, 1.807) is 0 Å². The number of aryl methyl sites for hydroxylation is 1. The molecule has 0 N–H and O–H groups in total. The molecule has 1 aromatic heterocycles. The first kappa shape index (κ1) is 10.6. The van der Waals surface area contributed by atoms with Crippen LogP contribution in [0.2, 0.25) is 0 Å². The van der Waals surface area contributed by atoms with Gasteiger partial charge in [0, 0.05) is 34.9 Å². The standard InChI is InChI=1S/C16H12N2/c1-18-15-7-3-2-6-13(15)14-11-12(5-4-10-17)8-9-16(14)18/h2-9,11H,1H3. The molecule has 1 heterocycles. The second kappa shape index (κ2) is 4.05. The van der Waals surface area contributed by atoms with Gasteiger partial charge in [0.2, 0.25) is 0 Å². The summed E-state index contributed by atoms with van der Waals surface area (Å²) >= 11 is 0. The summed E-state index contributed by atoms with van der Waals surface area (Å²) in [7, 11) is 2.08. The molecule has 0 fully saturated rings. The van der Waals surface area contributed by atoms with E-state index in [1.807, 2.05) is 18.2 Å². The van der Waals surface area contributed by atoms with E-state index in [2.05, 4.69) is 48.0 Å². The molecule has 0 aliphatic heterocycles. The van der Waals surface area contributed by atoms with Crippen LogP contribution in [0.5, 0.6) is 0 Å². The summed E-state index contributed by atoms with van der Waals surface area (Å²) in [6.07, 6.45) is 3.34. The lowest BCUT2D eigenvalue weighted by Gasteiger charge is -1.97. The Balaban J connectivity index is 2.37. The highest BCUT2D eigenvalue weighted by atomic mass is 14.9. The maximum absolute atomic E-state index is 8.58. The van der Waals surface area contributed by atoms with Gasteiger partial charge in [0.25, 0.3) is 0 Å². The minimum absolute atomic E-state index is 1.06. The minimum Gasteiger partial charge on any atom is -0.344 e. The molecule has 2 nitrogen and oxygen atoms in total. The van der Waals surface area contributed by atoms with Crippen molar-refractivity contribution >= 4 is 27.9 Å². The summed E-state index contributed by atoms with van der Waals surface area (Å²) in [6.45, 7) is 0. The van der Waals surface area contributed by atoms with Crippen molar-refractivity contribution in [3.8, 4) is 6.07 Å². The number of hydrogen-bond acceptors (Lipinski definition) is 1. The smallest absolute Gasteiger partial charge is 0.0912 e. The molecule has 0 spiro atoms. The number of nitriles is 1. The Hall–Kier alpha value is -2.53. The van der Waals surface area contributed by atoms with E-state index < -0.39 is 0 Å². The third-order valence-electron chi connectivity index (χ3n) is 3.29. The first-order valence-corrected chi connectivity index (χ1v) is 5.84. The summed E-state index contributed by atoms with van der Waals surface area (Å²) in [5.74, 6) is 0. The van der Waals surface area contributed by atoms with Crippen molar-refractivity contribution in [2.45, 2.75) is 0 Å². The van der Waals surface area contributed by atoms with Crippen molar-refractivity contribution in [2.24, 2.45) is 7.05 Å². The molecule has 3 rings (SSSR count). The Kier molecular flexibility index (Phi) is 2.39. The third kappa shape index (κ3) is 1.49. The molecule has 0 atom stereocenters. The van der Waals surface area contributed by atoms with Crippen molar-refractivity contribution in [2.75, 3.05) is 0 Å². The van der Waals surface area contributed by atoms with E-state index >= 15 is 0 Å². The topological polar surface area (TPSA) is 28.7 Å². The van der Waals surface area contributed by atoms with Crippen LogP contribution in [0, 0.1) is 11.3 Å². The normalized spacial score (nSPS) is 11.3. The van der Waals surface area contributed by atoms with Crippen LogP contribution < -0.4 is 0 Å². The molecule has 0 aliphatic rings. The molecule has 3 aromatic rings. The molecule has 0 aliphatic carbocycles. The fourth-order valence-electron chi connectivity index (χ4n) is 2.42. The van der Waals surface area contributed by atoms with E-state index in [1.165, 1.54) is 27.9 Å². The van der Waals surface area contributed by atoms with E-state index in [4.69, 9.17) is 5.26 Å². The number of rotatable bonds is 1. The van der Waals surface area contributed by atoms with Crippen LogP contribution in [0.4, 0.5) is 0 Å². The van der Waals surface area contributed by atoms with Gasteiger partial charge < -0.3 is 4.57 Å². The van der Waals surface area contributed by atoms with Crippen LogP contribution in [-0.4, -0.2) is 4.57 Å². The van der Waals surface area contributed by atoms with Crippen LogP contribution in [-0.2, 0) is 7.05 Å². The average molecular weight is 232 g/mol. The van der Waals surface area contributed by atoms with Crippen LogP contribution >= 0.6 is 0 Å². The zero-order valence-corrected chi connectivity index (χ0v) is 10.1. The average Bonchev–Trinajstić information content (AvgIpc) is 2.71. The minimum atomic E-state index is 1.06. The fraction of sp³-hybridized carbons (Fsp3) is 0.0625. The molecular formula is C16H12N2. The van der Waals surface area contributed by atoms with Gasteiger partial charge in [0.05, 0.1) is 6.07 Å². The molecule has 0 bridgehead atoms. The van der Waals surface area contributed by atoms with Crippen molar-refractivity contribution in [1.29, 1.82) is 5.26 Å². The molecule has 0 radical (unpaired) electrons. The first-order valence-electron chi connectivity index (χ1n) is 5.84. The Morgan fingerprint density at radius 2 is 1.83 bits per heavy atom. The summed E-state index contributed by atoms with van der Waals surface area (Å²) in [5, 5.41) is 11.1. The number of hydrogen-bond donors (Lipinski definition) is 0. The van der Waals surface area contributed by atoms with Crippen molar-refractivity contribution in [3.05, 3.63) is 54.1 Å². The molecule has 2 aromatic carbocycles. The second-order valence-electron chi connectivity index (χ2n) is 4.32. The highest BCUT2D eigenvalue weighted by Crippen LogP contribution is 2.28. The highest BCUT2D eigenvalue weighted by Gasteiger charge is 2.06. The maximum atomic E-state index is 8.58. The quantitative estimate of drug-likeness (QED) is 0.585. The Bertz CT molecular complexity index is 801. The summed E-state index contributed by atoms with van der Waals surface area (Å²) < 4.78 is 2.20. The number of fused-ring (bicyclic) bond motifs is 3. The van der Waals surface area contributed by atoms with Crippen molar-refractivity contribution < 1.29 is 0 Å². The van der Waals surface area contributed by atoms with E-state index in [-0.39, 0.29) is 0 Å². The van der Waals surface area contributed by atoms with Crippen LogP contribution in [0.15, 0.2) is 48.5 Å². The molecule has 18 heavy (non-hydrogen) atoms. The monoisotopic (exact) mass is 232 g/mol. The van der Waals surface area contributed by atoms with E-state index in [9.17, 15) is 0 Å². The largest absolute Gasteiger partial charge is 0.344 e. The lowest BCUT2D eigenvalue weighted by molar-refractivity contribution is 1.01. The number of nitrogens with zero attached hydrogens (tertiary/aromatic N) is 2. The fourth-order valence-corrected chi connectivity index (χ4v) is 2.42. The highest BCUT2D eigenvalue weighted by molar-refractivity contribution is 6.08. The van der Waals surface area contributed by atoms with Crippen molar-refractivity contribution in [1.82, 2.24) is 4.57 Å². The summed E-state index contributed by atoms with van der Waals surface area (Å²) in [6, 6.07) is 16.7. The predicted molar refractivity (Wildman–Crippen MR) is 75.1 cm³/mol. The predicted octanol–water partition coefficient (Wildman–Crippen LogP) is 3.87. The van der Waals surface area contributed by atoms with Gasteiger partial charge >= 0.3 is 0 Å². The molecule has 2 heteroatoms.